The molecule has 2 fully saturated rings. The molecule has 2 bridgehead atoms. The lowest BCUT2D eigenvalue weighted by atomic mass is 9.99. The molecule has 0 saturated carbocycles. The molecule has 0 radical (unpaired) electrons. The minimum absolute atomic E-state index is 0.321. The zero-order valence-corrected chi connectivity index (χ0v) is 8.19. The van der Waals surface area contributed by atoms with Crippen LogP contribution >= 0.6 is 7.82 Å². The summed E-state index contributed by atoms with van der Waals surface area (Å²) in [4.78, 5) is 19.4. The molecule has 0 aromatic rings. The predicted octanol–water partition coefficient (Wildman–Crippen LogP) is 0.537. The molecule has 2 N–H and O–H groups in total. The van der Waals surface area contributed by atoms with E-state index in [1.54, 1.807) is 0 Å². The number of piperidine rings is 1. The molecule has 5 nitrogen and oxygen atoms in total. The van der Waals surface area contributed by atoms with Gasteiger partial charge in [0.25, 0.3) is 0 Å². The fourth-order valence-electron chi connectivity index (χ4n) is 2.28. The minimum Gasteiger partial charge on any atom is -0.303 e. The number of hydrogen-bond donors (Lipinski definition) is 2. The third kappa shape index (κ3) is 2.11. The molecule has 3 unspecified atom stereocenters. The van der Waals surface area contributed by atoms with Gasteiger partial charge in [0.1, 0.15) is 6.23 Å². The van der Waals surface area contributed by atoms with Crippen LogP contribution in [0, 0.1) is 5.92 Å². The summed E-state index contributed by atoms with van der Waals surface area (Å²) in [5, 5.41) is 0. The van der Waals surface area contributed by atoms with Gasteiger partial charge in [0.05, 0.1) is 0 Å². The van der Waals surface area contributed by atoms with Crippen molar-refractivity contribution < 1.29 is 18.9 Å². The topological polar surface area (TPSA) is 70.0 Å². The van der Waals surface area contributed by atoms with Gasteiger partial charge in [-0.2, -0.15) is 0 Å². The van der Waals surface area contributed by atoms with Gasteiger partial charge in [0, 0.05) is 19.0 Å². The highest BCUT2D eigenvalue weighted by Gasteiger charge is 2.41. The molecule has 2 aliphatic heterocycles. The van der Waals surface area contributed by atoms with Gasteiger partial charge in [-0.1, -0.05) is 0 Å². The first-order valence-corrected chi connectivity index (χ1v) is 6.07. The largest absolute Gasteiger partial charge is 0.471 e. The average Bonchev–Trinajstić information content (AvgIpc) is 2.29. The lowest BCUT2D eigenvalue weighted by Gasteiger charge is -2.32. The van der Waals surface area contributed by atoms with Gasteiger partial charge in [-0.05, 0) is 19.3 Å². The Morgan fingerprint density at radius 2 is 2.08 bits per heavy atom. The first-order chi connectivity index (χ1) is 6.06. The van der Waals surface area contributed by atoms with Gasteiger partial charge in [0.2, 0.25) is 0 Å². The number of phosphoric ester groups is 1. The molecule has 2 rings (SSSR count). The van der Waals surface area contributed by atoms with E-state index in [-0.39, 0.29) is 6.23 Å². The van der Waals surface area contributed by atoms with Crippen LogP contribution in [0.15, 0.2) is 0 Å². The first-order valence-electron chi connectivity index (χ1n) is 4.54. The van der Waals surface area contributed by atoms with Crippen LogP contribution in [0.5, 0.6) is 0 Å². The second-order valence-corrected chi connectivity index (χ2v) is 4.91. The third-order valence-electron chi connectivity index (χ3n) is 2.82. The van der Waals surface area contributed by atoms with Crippen molar-refractivity contribution >= 4 is 7.82 Å². The van der Waals surface area contributed by atoms with Gasteiger partial charge in [-0.25, -0.2) is 4.57 Å². The summed E-state index contributed by atoms with van der Waals surface area (Å²) in [7, 11) is -4.31. The Labute approximate surface area is 76.9 Å². The van der Waals surface area contributed by atoms with Crippen LogP contribution in [0.1, 0.15) is 19.3 Å². The van der Waals surface area contributed by atoms with Crippen LogP contribution < -0.4 is 0 Å². The van der Waals surface area contributed by atoms with E-state index in [1.807, 2.05) is 4.90 Å². The summed E-state index contributed by atoms with van der Waals surface area (Å²) < 4.78 is 15.4. The van der Waals surface area contributed by atoms with Crippen LogP contribution in [-0.4, -0.2) is 34.0 Å². The molecular weight excluding hydrogens is 193 g/mol. The van der Waals surface area contributed by atoms with Gasteiger partial charge in [0.15, 0.2) is 0 Å². The van der Waals surface area contributed by atoms with E-state index in [0.717, 1.165) is 32.4 Å². The molecule has 6 heteroatoms. The van der Waals surface area contributed by atoms with Gasteiger partial charge in [-0.15, -0.1) is 0 Å². The fraction of sp³-hybridized carbons (Fsp3) is 1.00. The van der Waals surface area contributed by atoms with Crippen LogP contribution in [0.25, 0.3) is 0 Å². The average molecular weight is 207 g/mol. The van der Waals surface area contributed by atoms with Crippen LogP contribution in [0.4, 0.5) is 0 Å². The fourth-order valence-corrected chi connectivity index (χ4v) is 2.86. The number of hydrogen-bond acceptors (Lipinski definition) is 3. The van der Waals surface area contributed by atoms with Crippen molar-refractivity contribution in [2.75, 3.05) is 13.1 Å². The molecule has 0 spiro atoms. The summed E-state index contributed by atoms with van der Waals surface area (Å²) in [6.45, 7) is 1.82. The molecule has 0 aromatic heterocycles. The van der Waals surface area contributed by atoms with Crippen LogP contribution in [0.3, 0.4) is 0 Å². The van der Waals surface area contributed by atoms with Crippen LogP contribution in [-0.2, 0) is 9.09 Å². The lowest BCUT2D eigenvalue weighted by molar-refractivity contribution is -0.0154. The Kier molecular flexibility index (Phi) is 2.47. The van der Waals surface area contributed by atoms with E-state index >= 15 is 0 Å². The minimum atomic E-state index is -4.31. The van der Waals surface area contributed by atoms with E-state index < -0.39 is 7.82 Å². The SMILES string of the molecule is O=P(O)(O)OC1C2CCCN1CC2. The molecule has 2 saturated heterocycles. The van der Waals surface area contributed by atoms with E-state index in [9.17, 15) is 4.57 Å². The number of phosphoric acid groups is 1. The van der Waals surface area contributed by atoms with Crippen molar-refractivity contribution in [1.82, 2.24) is 4.90 Å². The van der Waals surface area contributed by atoms with Crippen molar-refractivity contribution in [3.05, 3.63) is 0 Å². The quantitative estimate of drug-likeness (QED) is 0.646. The molecular formula is C7H14NO4P. The van der Waals surface area contributed by atoms with Crippen molar-refractivity contribution in [1.29, 1.82) is 0 Å². The summed E-state index contributed by atoms with van der Waals surface area (Å²) >= 11 is 0. The maximum absolute atomic E-state index is 10.7. The Morgan fingerprint density at radius 3 is 2.69 bits per heavy atom. The summed E-state index contributed by atoms with van der Waals surface area (Å²) in [5.74, 6) is 0.321. The number of nitrogens with zero attached hydrogens (tertiary/aromatic N) is 1. The van der Waals surface area contributed by atoms with Gasteiger partial charge < -0.3 is 9.79 Å². The Morgan fingerprint density at radius 1 is 1.31 bits per heavy atom. The standard InChI is InChI=1S/C7H14NO4P/c9-13(10,11)12-7-6-2-1-4-8(7)5-3-6/h6-7H,1-5H2,(H2,9,10,11). The second-order valence-electron chi connectivity index (χ2n) is 3.71. The first kappa shape index (κ1) is 9.62. The van der Waals surface area contributed by atoms with E-state index in [0.29, 0.717) is 5.92 Å². The Bertz CT molecular complexity index is 225. The molecule has 3 atom stereocenters. The molecule has 0 aliphatic carbocycles. The highest BCUT2D eigenvalue weighted by molar-refractivity contribution is 7.46. The third-order valence-corrected chi connectivity index (χ3v) is 3.31. The molecule has 76 valence electrons. The molecule has 2 heterocycles. The molecule has 0 amide bonds. The van der Waals surface area contributed by atoms with Gasteiger partial charge in [-0.3, -0.25) is 9.42 Å². The highest BCUT2D eigenvalue weighted by atomic mass is 31.2. The second kappa shape index (κ2) is 3.33. The van der Waals surface area contributed by atoms with Gasteiger partial charge >= 0.3 is 7.82 Å². The normalized spacial score (nSPS) is 39.4. The van der Waals surface area contributed by atoms with Crippen molar-refractivity contribution in [2.45, 2.75) is 25.5 Å². The maximum Gasteiger partial charge on any atom is 0.471 e. The maximum atomic E-state index is 10.7. The van der Waals surface area contributed by atoms with Crippen LogP contribution in [0.2, 0.25) is 0 Å². The number of rotatable bonds is 2. The van der Waals surface area contributed by atoms with E-state index in [1.165, 1.54) is 0 Å². The summed E-state index contributed by atoms with van der Waals surface area (Å²) in [6, 6.07) is 0. The molecule has 0 aromatic carbocycles. The highest BCUT2D eigenvalue weighted by Crippen LogP contribution is 2.44. The van der Waals surface area contributed by atoms with Crippen molar-refractivity contribution in [3.63, 3.8) is 0 Å². The summed E-state index contributed by atoms with van der Waals surface area (Å²) in [5.41, 5.74) is 0. The Hall–Kier alpha value is 0.0700. The Balaban J connectivity index is 2.03. The predicted molar refractivity (Wildman–Crippen MR) is 45.8 cm³/mol. The summed E-state index contributed by atoms with van der Waals surface area (Å²) in [6.07, 6.45) is 2.81. The molecule has 13 heavy (non-hydrogen) atoms. The van der Waals surface area contributed by atoms with E-state index in [2.05, 4.69) is 0 Å². The smallest absolute Gasteiger partial charge is 0.303 e. The monoisotopic (exact) mass is 207 g/mol. The lowest BCUT2D eigenvalue weighted by Crippen LogP contribution is -2.38. The molecule has 2 aliphatic rings. The number of fused-ring (bicyclic) bond motifs is 2. The van der Waals surface area contributed by atoms with Crippen molar-refractivity contribution in [3.8, 4) is 0 Å². The van der Waals surface area contributed by atoms with E-state index in [4.69, 9.17) is 14.3 Å². The van der Waals surface area contributed by atoms with Crippen molar-refractivity contribution in [2.24, 2.45) is 5.92 Å². The zero-order chi connectivity index (χ0) is 9.47. The zero-order valence-electron chi connectivity index (χ0n) is 7.30.